The zero-order chi connectivity index (χ0) is 39.3. The summed E-state index contributed by atoms with van der Waals surface area (Å²) in [4.78, 5) is 16.1. The zero-order valence-corrected chi connectivity index (χ0v) is 32.2. The summed E-state index contributed by atoms with van der Waals surface area (Å²) in [5.74, 6) is 1.79. The average molecular weight is 765 g/mol. The number of aromatic nitrogens is 4. The van der Waals surface area contributed by atoms with E-state index in [1.165, 1.54) is 37.7 Å². The van der Waals surface area contributed by atoms with Gasteiger partial charge in [-0.25, -0.2) is 15.0 Å². The van der Waals surface area contributed by atoms with E-state index in [1.54, 1.807) is 0 Å². The Kier molecular flexibility index (Phi) is 6.95. The Labute approximate surface area is 343 Å². The highest BCUT2D eigenvalue weighted by atomic mass is 16.3. The number of benzene rings is 10. The predicted molar refractivity (Wildman–Crippen MR) is 248 cm³/mol. The lowest BCUT2D eigenvalue weighted by Gasteiger charge is -2.15. The fourth-order valence-electron chi connectivity index (χ4n) is 9.27. The van der Waals surface area contributed by atoms with Crippen molar-refractivity contribution in [3.8, 4) is 39.9 Å². The average Bonchev–Trinajstić information content (AvgIpc) is 3.84. The number of fused-ring (bicyclic) bond motifs is 11. The predicted octanol–water partition coefficient (Wildman–Crippen LogP) is 14.5. The van der Waals surface area contributed by atoms with Crippen LogP contribution in [0.1, 0.15) is 0 Å². The van der Waals surface area contributed by atoms with E-state index >= 15 is 0 Å². The molecule has 0 amide bonds. The second kappa shape index (κ2) is 12.7. The van der Waals surface area contributed by atoms with E-state index in [2.05, 4.69) is 187 Å². The largest absolute Gasteiger partial charge is 0.456 e. The third-order valence-corrected chi connectivity index (χ3v) is 12.2. The van der Waals surface area contributed by atoms with Crippen LogP contribution in [0.4, 0.5) is 0 Å². The SMILES string of the molecule is c1ccc2cc(-c3nc(-c4ccc5c(ccc6ccccc65)c4)nc(-c4cc5c(cc4-n4c6ccccc6c6cc7ccccc7cc64)oc4ccccc45)n3)ccc2c1. The molecule has 5 heteroatoms. The lowest BCUT2D eigenvalue weighted by molar-refractivity contribution is 0.668. The molecule has 0 fully saturated rings. The molecule has 13 aromatic rings. The number of hydrogen-bond acceptors (Lipinski definition) is 4. The van der Waals surface area contributed by atoms with Gasteiger partial charge < -0.3 is 8.98 Å². The summed E-state index contributed by atoms with van der Waals surface area (Å²) < 4.78 is 8.97. The van der Waals surface area contributed by atoms with Crippen LogP contribution in [0.3, 0.4) is 0 Å². The summed E-state index contributed by atoms with van der Waals surface area (Å²) in [6, 6.07) is 68.7. The van der Waals surface area contributed by atoms with Gasteiger partial charge in [-0.15, -0.1) is 0 Å². The third kappa shape index (κ3) is 5.03. The van der Waals surface area contributed by atoms with Gasteiger partial charge in [0, 0.05) is 44.3 Å². The van der Waals surface area contributed by atoms with Crippen molar-refractivity contribution in [1.82, 2.24) is 19.5 Å². The van der Waals surface area contributed by atoms with Crippen molar-refractivity contribution in [2.45, 2.75) is 0 Å². The molecule has 60 heavy (non-hydrogen) atoms. The van der Waals surface area contributed by atoms with Crippen LogP contribution < -0.4 is 0 Å². The van der Waals surface area contributed by atoms with Crippen LogP contribution in [0.2, 0.25) is 0 Å². The van der Waals surface area contributed by atoms with Crippen molar-refractivity contribution in [2.75, 3.05) is 0 Å². The van der Waals surface area contributed by atoms with Crippen LogP contribution in [0.15, 0.2) is 199 Å². The quantitative estimate of drug-likeness (QED) is 0.167. The van der Waals surface area contributed by atoms with E-state index in [-0.39, 0.29) is 0 Å². The summed E-state index contributed by atoms with van der Waals surface area (Å²) in [6.45, 7) is 0. The molecule has 10 aromatic carbocycles. The highest BCUT2D eigenvalue weighted by Crippen LogP contribution is 2.42. The van der Waals surface area contributed by atoms with Gasteiger partial charge in [0.2, 0.25) is 0 Å². The second-order valence-electron chi connectivity index (χ2n) is 15.6. The molecule has 278 valence electrons. The molecule has 0 unspecified atom stereocenters. The first kappa shape index (κ1) is 32.9. The Bertz CT molecular complexity index is 3910. The maximum Gasteiger partial charge on any atom is 0.166 e. The standard InChI is InChI=1S/C55H32N4O/c1-2-13-35-27-39(24-21-33(35)11-1)53-56-54(40-25-26-42-38(28-40)23-22-34-12-5-6-16-41(34)42)58-55(57-53)47-31-46-44-18-8-10-20-51(44)60-52(46)32-50(47)59-48-19-9-7-17-43(48)45-29-36-14-3-4-15-37(36)30-49(45)59/h1-32H. The van der Waals surface area contributed by atoms with E-state index in [0.29, 0.717) is 17.5 Å². The maximum atomic E-state index is 6.61. The van der Waals surface area contributed by atoms with Gasteiger partial charge in [0.25, 0.3) is 0 Å². The van der Waals surface area contributed by atoms with E-state index in [9.17, 15) is 0 Å². The van der Waals surface area contributed by atoms with Crippen molar-refractivity contribution in [2.24, 2.45) is 0 Å². The molecule has 0 saturated heterocycles. The Balaban J connectivity index is 1.13. The molecule has 0 bridgehead atoms. The van der Waals surface area contributed by atoms with E-state index in [1.807, 2.05) is 12.1 Å². The Hall–Kier alpha value is -8.15. The topological polar surface area (TPSA) is 56.7 Å². The molecule has 0 aliphatic heterocycles. The maximum absolute atomic E-state index is 6.61. The molecule has 0 spiro atoms. The molecular formula is C55H32N4O. The van der Waals surface area contributed by atoms with Crippen molar-refractivity contribution in [3.05, 3.63) is 194 Å². The minimum atomic E-state index is 0.579. The van der Waals surface area contributed by atoms with Gasteiger partial charge >= 0.3 is 0 Å². The number of nitrogens with zero attached hydrogens (tertiary/aromatic N) is 4. The fraction of sp³-hybridized carbons (Fsp3) is 0. The normalized spacial score (nSPS) is 12.0. The summed E-state index contributed by atoms with van der Waals surface area (Å²) in [5, 5.41) is 13.8. The van der Waals surface area contributed by atoms with Crippen LogP contribution in [0, 0.1) is 0 Å². The summed E-state index contributed by atoms with van der Waals surface area (Å²) in [5.41, 5.74) is 7.46. The lowest BCUT2D eigenvalue weighted by atomic mass is 10.00. The van der Waals surface area contributed by atoms with Gasteiger partial charge in [0.1, 0.15) is 11.2 Å². The molecule has 0 saturated carbocycles. The van der Waals surface area contributed by atoms with Gasteiger partial charge in [-0.2, -0.15) is 0 Å². The van der Waals surface area contributed by atoms with Gasteiger partial charge in [0.15, 0.2) is 17.5 Å². The molecule has 5 nitrogen and oxygen atoms in total. The minimum Gasteiger partial charge on any atom is -0.456 e. The van der Waals surface area contributed by atoms with Crippen LogP contribution in [-0.4, -0.2) is 19.5 Å². The van der Waals surface area contributed by atoms with Crippen LogP contribution >= 0.6 is 0 Å². The second-order valence-corrected chi connectivity index (χ2v) is 15.6. The first-order valence-electron chi connectivity index (χ1n) is 20.3. The van der Waals surface area contributed by atoms with Gasteiger partial charge in [-0.3, -0.25) is 0 Å². The molecule has 0 N–H and O–H groups in total. The Morgan fingerprint density at radius 2 is 0.883 bits per heavy atom. The van der Waals surface area contributed by atoms with Gasteiger partial charge in [-0.05, 0) is 85.6 Å². The van der Waals surface area contributed by atoms with Crippen LogP contribution in [0.5, 0.6) is 0 Å². The summed E-state index contributed by atoms with van der Waals surface area (Å²) in [6.07, 6.45) is 0. The monoisotopic (exact) mass is 764 g/mol. The molecule has 0 aliphatic carbocycles. The highest BCUT2D eigenvalue weighted by Gasteiger charge is 2.23. The Morgan fingerprint density at radius 1 is 0.317 bits per heavy atom. The van der Waals surface area contributed by atoms with Crippen molar-refractivity contribution >= 4 is 86.8 Å². The zero-order valence-electron chi connectivity index (χ0n) is 32.2. The molecule has 3 heterocycles. The van der Waals surface area contributed by atoms with Gasteiger partial charge in [-0.1, -0.05) is 146 Å². The van der Waals surface area contributed by atoms with E-state index in [0.717, 1.165) is 71.5 Å². The smallest absolute Gasteiger partial charge is 0.166 e. The minimum absolute atomic E-state index is 0.579. The number of hydrogen-bond donors (Lipinski definition) is 0. The third-order valence-electron chi connectivity index (χ3n) is 12.2. The summed E-state index contributed by atoms with van der Waals surface area (Å²) in [7, 11) is 0. The lowest BCUT2D eigenvalue weighted by Crippen LogP contribution is -2.04. The molecular weight excluding hydrogens is 733 g/mol. The molecule has 13 rings (SSSR count). The molecule has 3 aromatic heterocycles. The van der Waals surface area contributed by atoms with Crippen molar-refractivity contribution in [1.29, 1.82) is 0 Å². The highest BCUT2D eigenvalue weighted by molar-refractivity contribution is 6.15. The van der Waals surface area contributed by atoms with E-state index < -0.39 is 0 Å². The molecule has 0 aliphatic rings. The number of rotatable bonds is 4. The molecule has 0 atom stereocenters. The summed E-state index contributed by atoms with van der Waals surface area (Å²) >= 11 is 0. The first-order valence-corrected chi connectivity index (χ1v) is 20.3. The molecule has 0 radical (unpaired) electrons. The van der Waals surface area contributed by atoms with Gasteiger partial charge in [0.05, 0.1) is 16.7 Å². The van der Waals surface area contributed by atoms with Crippen molar-refractivity contribution < 1.29 is 4.42 Å². The number of furan rings is 1. The van der Waals surface area contributed by atoms with Crippen molar-refractivity contribution in [3.63, 3.8) is 0 Å². The van der Waals surface area contributed by atoms with Crippen LogP contribution in [0.25, 0.3) is 127 Å². The van der Waals surface area contributed by atoms with E-state index in [4.69, 9.17) is 19.4 Å². The number of para-hydroxylation sites is 2. The Morgan fingerprint density at radius 3 is 1.70 bits per heavy atom. The first-order chi connectivity index (χ1) is 29.7. The van der Waals surface area contributed by atoms with Crippen LogP contribution in [-0.2, 0) is 0 Å². The fourth-order valence-corrected chi connectivity index (χ4v) is 9.27.